The molecular formula is C10H19Cl2NO2. The van der Waals surface area contributed by atoms with Crippen molar-refractivity contribution in [2.45, 2.75) is 25.7 Å². The Morgan fingerprint density at radius 1 is 1.00 bits per heavy atom. The van der Waals surface area contributed by atoms with Crippen molar-refractivity contribution in [2.75, 3.05) is 31.4 Å². The predicted molar refractivity (Wildman–Crippen MR) is 64.0 cm³/mol. The number of alkyl halides is 2. The van der Waals surface area contributed by atoms with Gasteiger partial charge in [0.15, 0.2) is 0 Å². The molecule has 0 aromatic carbocycles. The molecule has 0 saturated heterocycles. The monoisotopic (exact) mass is 255 g/mol. The van der Waals surface area contributed by atoms with Crippen molar-refractivity contribution in [3.8, 4) is 0 Å². The molecule has 0 heterocycles. The number of halogens is 2. The Labute approximate surface area is 101 Å². The Kier molecular flexibility index (Phi) is 10.5. The third-order valence-corrected chi connectivity index (χ3v) is 2.50. The number of carbonyl (C=O) groups is 1. The molecule has 1 N–H and O–H groups in total. The van der Waals surface area contributed by atoms with Gasteiger partial charge >= 0.3 is 5.97 Å². The quantitative estimate of drug-likeness (QED) is 0.482. The maximum absolute atomic E-state index is 10.3. The summed E-state index contributed by atoms with van der Waals surface area (Å²) in [4.78, 5) is 12.5. The van der Waals surface area contributed by atoms with Crippen molar-refractivity contribution in [2.24, 2.45) is 0 Å². The Morgan fingerprint density at radius 3 is 2.07 bits per heavy atom. The zero-order valence-corrected chi connectivity index (χ0v) is 10.4. The summed E-state index contributed by atoms with van der Waals surface area (Å²) in [5.41, 5.74) is 0. The number of rotatable bonds is 10. The Hall–Kier alpha value is 0.01000. The molecule has 0 spiro atoms. The summed E-state index contributed by atoms with van der Waals surface area (Å²) in [5.74, 6) is 0.520. The van der Waals surface area contributed by atoms with Gasteiger partial charge in [0, 0.05) is 31.3 Å². The maximum atomic E-state index is 10.3. The summed E-state index contributed by atoms with van der Waals surface area (Å²) >= 11 is 11.3. The van der Waals surface area contributed by atoms with Gasteiger partial charge in [-0.15, -0.1) is 23.2 Å². The average Bonchev–Trinajstić information content (AvgIpc) is 2.17. The second-order valence-electron chi connectivity index (χ2n) is 3.42. The fourth-order valence-corrected chi connectivity index (χ4v) is 1.84. The molecule has 0 radical (unpaired) electrons. The lowest BCUT2D eigenvalue weighted by Crippen LogP contribution is -2.28. The number of carboxylic acid groups (broad SMARTS) is 1. The van der Waals surface area contributed by atoms with Crippen molar-refractivity contribution in [3.63, 3.8) is 0 Å². The predicted octanol–water partition coefficient (Wildman–Crippen LogP) is 2.41. The number of aliphatic carboxylic acids is 1. The van der Waals surface area contributed by atoms with Crippen LogP contribution in [0.25, 0.3) is 0 Å². The second kappa shape index (κ2) is 10.5. The Bertz CT molecular complexity index is 162. The van der Waals surface area contributed by atoms with E-state index in [2.05, 4.69) is 4.90 Å². The summed E-state index contributed by atoms with van der Waals surface area (Å²) in [6.45, 7) is 2.67. The van der Waals surface area contributed by atoms with Crippen LogP contribution in [0, 0.1) is 0 Å². The lowest BCUT2D eigenvalue weighted by Gasteiger charge is -2.19. The van der Waals surface area contributed by atoms with Crippen LogP contribution < -0.4 is 0 Å². The SMILES string of the molecule is O=C(O)CCCCCN(CCCl)CCCl. The van der Waals surface area contributed by atoms with E-state index in [-0.39, 0.29) is 6.42 Å². The smallest absolute Gasteiger partial charge is 0.303 e. The molecule has 5 heteroatoms. The topological polar surface area (TPSA) is 40.5 Å². The molecule has 0 rings (SSSR count). The average molecular weight is 256 g/mol. The van der Waals surface area contributed by atoms with E-state index >= 15 is 0 Å². The fraction of sp³-hybridized carbons (Fsp3) is 0.900. The van der Waals surface area contributed by atoms with Crippen LogP contribution in [0.4, 0.5) is 0 Å². The number of carboxylic acids is 1. The lowest BCUT2D eigenvalue weighted by molar-refractivity contribution is -0.137. The van der Waals surface area contributed by atoms with Gasteiger partial charge in [-0.3, -0.25) is 4.79 Å². The minimum atomic E-state index is -0.714. The molecule has 0 aliphatic rings. The van der Waals surface area contributed by atoms with Crippen LogP contribution in [0.15, 0.2) is 0 Å². The van der Waals surface area contributed by atoms with E-state index < -0.39 is 5.97 Å². The summed E-state index contributed by atoms with van der Waals surface area (Å²) in [6.07, 6.45) is 2.99. The zero-order valence-electron chi connectivity index (χ0n) is 8.92. The van der Waals surface area contributed by atoms with Crippen LogP contribution in [0.1, 0.15) is 25.7 Å². The van der Waals surface area contributed by atoms with E-state index in [0.717, 1.165) is 38.9 Å². The van der Waals surface area contributed by atoms with Gasteiger partial charge in [-0.2, -0.15) is 0 Å². The largest absolute Gasteiger partial charge is 0.481 e. The van der Waals surface area contributed by atoms with Crippen LogP contribution in [0.5, 0.6) is 0 Å². The summed E-state index contributed by atoms with van der Waals surface area (Å²) in [6, 6.07) is 0. The first kappa shape index (κ1) is 15.0. The molecule has 0 aromatic rings. The van der Waals surface area contributed by atoms with Crippen LogP contribution in [0.2, 0.25) is 0 Å². The molecule has 0 amide bonds. The molecule has 0 unspecified atom stereocenters. The van der Waals surface area contributed by atoms with Gasteiger partial charge in [-0.25, -0.2) is 0 Å². The lowest BCUT2D eigenvalue weighted by atomic mass is 10.2. The highest BCUT2D eigenvalue weighted by atomic mass is 35.5. The molecule has 15 heavy (non-hydrogen) atoms. The first-order chi connectivity index (χ1) is 7.20. The zero-order chi connectivity index (χ0) is 11.5. The fourth-order valence-electron chi connectivity index (χ4n) is 1.36. The van der Waals surface area contributed by atoms with Crippen molar-refractivity contribution in [1.29, 1.82) is 0 Å². The first-order valence-electron chi connectivity index (χ1n) is 5.26. The Morgan fingerprint density at radius 2 is 1.60 bits per heavy atom. The second-order valence-corrected chi connectivity index (χ2v) is 4.18. The van der Waals surface area contributed by atoms with Gasteiger partial charge in [-0.1, -0.05) is 6.42 Å². The van der Waals surface area contributed by atoms with Crippen LogP contribution in [0.3, 0.4) is 0 Å². The molecule has 0 saturated carbocycles. The number of hydrogen-bond acceptors (Lipinski definition) is 2. The molecule has 0 atom stereocenters. The number of nitrogens with zero attached hydrogens (tertiary/aromatic N) is 1. The number of unbranched alkanes of at least 4 members (excludes halogenated alkanes) is 2. The van der Waals surface area contributed by atoms with Gasteiger partial charge in [0.1, 0.15) is 0 Å². The molecule has 0 fully saturated rings. The van der Waals surface area contributed by atoms with Crippen LogP contribution in [-0.4, -0.2) is 47.4 Å². The summed E-state index contributed by atoms with van der Waals surface area (Å²) < 4.78 is 0. The molecule has 3 nitrogen and oxygen atoms in total. The molecule has 0 aliphatic carbocycles. The van der Waals surface area contributed by atoms with Gasteiger partial charge in [-0.05, 0) is 19.4 Å². The van der Waals surface area contributed by atoms with Crippen LogP contribution in [-0.2, 0) is 4.79 Å². The van der Waals surface area contributed by atoms with E-state index in [4.69, 9.17) is 28.3 Å². The molecule has 0 bridgehead atoms. The normalized spacial score (nSPS) is 10.9. The highest BCUT2D eigenvalue weighted by Crippen LogP contribution is 2.02. The summed E-state index contributed by atoms with van der Waals surface area (Å²) in [5, 5.41) is 8.45. The molecule has 90 valence electrons. The van der Waals surface area contributed by atoms with E-state index in [1.165, 1.54) is 0 Å². The van der Waals surface area contributed by atoms with Crippen molar-refractivity contribution in [1.82, 2.24) is 4.90 Å². The molecular weight excluding hydrogens is 237 g/mol. The minimum absolute atomic E-state index is 0.269. The first-order valence-corrected chi connectivity index (χ1v) is 6.33. The van der Waals surface area contributed by atoms with Crippen molar-refractivity contribution < 1.29 is 9.90 Å². The van der Waals surface area contributed by atoms with E-state index in [9.17, 15) is 4.79 Å². The standard InChI is InChI=1S/C10H19Cl2NO2/c11-5-8-13(9-6-12)7-3-1-2-4-10(14)15/h1-9H2,(H,14,15). The van der Waals surface area contributed by atoms with Gasteiger partial charge < -0.3 is 10.0 Å². The van der Waals surface area contributed by atoms with E-state index in [1.54, 1.807) is 0 Å². The highest BCUT2D eigenvalue weighted by molar-refractivity contribution is 6.18. The van der Waals surface area contributed by atoms with Crippen molar-refractivity contribution in [3.05, 3.63) is 0 Å². The third-order valence-electron chi connectivity index (χ3n) is 2.17. The van der Waals surface area contributed by atoms with Gasteiger partial charge in [0.25, 0.3) is 0 Å². The molecule has 0 aliphatic heterocycles. The van der Waals surface area contributed by atoms with Gasteiger partial charge in [0.05, 0.1) is 0 Å². The van der Waals surface area contributed by atoms with Crippen LogP contribution >= 0.6 is 23.2 Å². The Balaban J connectivity index is 3.39. The van der Waals surface area contributed by atoms with Crippen molar-refractivity contribution >= 4 is 29.2 Å². The molecule has 0 aromatic heterocycles. The van der Waals surface area contributed by atoms with Gasteiger partial charge in [0.2, 0.25) is 0 Å². The minimum Gasteiger partial charge on any atom is -0.481 e. The van der Waals surface area contributed by atoms with E-state index in [1.807, 2.05) is 0 Å². The third kappa shape index (κ3) is 10.3. The number of hydrogen-bond donors (Lipinski definition) is 1. The highest BCUT2D eigenvalue weighted by Gasteiger charge is 2.03. The maximum Gasteiger partial charge on any atom is 0.303 e. The summed E-state index contributed by atoms with van der Waals surface area (Å²) in [7, 11) is 0. The van der Waals surface area contributed by atoms with E-state index in [0.29, 0.717) is 11.8 Å².